The lowest BCUT2D eigenvalue weighted by atomic mass is 9.80. The Bertz CT molecular complexity index is 1600. The molecule has 2 aliphatic rings. The molecule has 0 bridgehead atoms. The quantitative estimate of drug-likeness (QED) is 0.260. The summed E-state index contributed by atoms with van der Waals surface area (Å²) in [5, 5.41) is 12.6. The predicted octanol–water partition coefficient (Wildman–Crippen LogP) is 7.26. The molecular weight excluding hydrogens is 663 g/mol. The highest BCUT2D eigenvalue weighted by Gasteiger charge is 2.48. The van der Waals surface area contributed by atoms with Crippen LogP contribution in [-0.2, 0) is 34.4 Å². The molecule has 262 valence electrons. The number of anilines is 1. The van der Waals surface area contributed by atoms with Crippen molar-refractivity contribution in [3.63, 3.8) is 0 Å². The van der Waals surface area contributed by atoms with Crippen molar-refractivity contribution in [3.8, 4) is 0 Å². The van der Waals surface area contributed by atoms with Gasteiger partial charge in [0.05, 0.1) is 41.0 Å². The van der Waals surface area contributed by atoms with Crippen LogP contribution in [0.15, 0.2) is 36.4 Å². The molecule has 3 heterocycles. The van der Waals surface area contributed by atoms with Crippen LogP contribution in [0.2, 0.25) is 0 Å². The zero-order valence-corrected chi connectivity index (χ0v) is 25.6. The molecule has 2 aromatic carbocycles. The van der Waals surface area contributed by atoms with Gasteiger partial charge in [-0.2, -0.15) is 44.3 Å². The van der Waals surface area contributed by atoms with E-state index in [1.165, 1.54) is 0 Å². The normalized spacial score (nSPS) is 22.5. The molecule has 4 atom stereocenters. The Balaban J connectivity index is 1.59. The average molecular weight is 695 g/mol. The number of hydrogen-bond donors (Lipinski definition) is 1. The van der Waals surface area contributed by atoms with Crippen LogP contribution < -0.4 is 10.6 Å². The molecule has 0 aliphatic carbocycles. The smallest absolute Gasteiger partial charge is 0.416 e. The van der Waals surface area contributed by atoms with Gasteiger partial charge < -0.3 is 15.2 Å². The molecule has 1 fully saturated rings. The van der Waals surface area contributed by atoms with Crippen molar-refractivity contribution in [2.75, 3.05) is 18.1 Å². The van der Waals surface area contributed by atoms with Crippen LogP contribution in [0.5, 0.6) is 0 Å². The Hall–Kier alpha value is -3.93. The maximum atomic E-state index is 13.8. The van der Waals surface area contributed by atoms with E-state index in [1.54, 1.807) is 13.8 Å². The number of alkyl halides is 9. The molecule has 1 saturated heterocycles. The highest BCUT2D eigenvalue weighted by atomic mass is 19.4. The molecule has 1 aromatic heterocycles. The Morgan fingerprint density at radius 1 is 1.00 bits per heavy atom. The molecule has 0 saturated carbocycles. The van der Waals surface area contributed by atoms with E-state index in [0.717, 1.165) is 27.9 Å². The lowest BCUT2D eigenvalue weighted by molar-refractivity contribution is -0.143. The maximum absolute atomic E-state index is 13.8. The third kappa shape index (κ3) is 7.09. The van der Waals surface area contributed by atoms with Gasteiger partial charge in [0.15, 0.2) is 5.82 Å². The van der Waals surface area contributed by atoms with Crippen molar-refractivity contribution in [2.45, 2.75) is 88.2 Å². The summed E-state index contributed by atoms with van der Waals surface area (Å²) in [7, 11) is 0. The number of aromatic nitrogens is 4. The van der Waals surface area contributed by atoms with Crippen LogP contribution in [0.1, 0.15) is 85.1 Å². The van der Waals surface area contributed by atoms with Crippen molar-refractivity contribution in [1.82, 2.24) is 20.2 Å². The number of fused-ring (bicyclic) bond motifs is 1. The van der Waals surface area contributed by atoms with Crippen molar-refractivity contribution in [1.29, 1.82) is 0 Å². The second kappa shape index (κ2) is 12.8. The summed E-state index contributed by atoms with van der Waals surface area (Å²) in [5.74, 6) is -1.17. The zero-order valence-electron chi connectivity index (χ0n) is 25.6. The fraction of sp³-hybridized carbons (Fsp3) is 0.533. The van der Waals surface area contributed by atoms with Gasteiger partial charge in [-0.25, -0.2) is 4.79 Å². The number of carbonyl (C=O) groups is 1. The number of halogens is 9. The average Bonchev–Trinajstić information content (AvgIpc) is 3.71. The van der Waals surface area contributed by atoms with Gasteiger partial charge in [0.25, 0.3) is 0 Å². The number of tetrazole rings is 1. The number of rotatable bonds is 7. The van der Waals surface area contributed by atoms with Crippen molar-refractivity contribution in [3.05, 3.63) is 70.0 Å². The molecule has 1 amide bonds. The lowest BCUT2D eigenvalue weighted by Gasteiger charge is -2.46. The van der Waals surface area contributed by atoms with Gasteiger partial charge in [0, 0.05) is 6.61 Å². The number of ether oxygens (including phenoxy) is 2. The molecule has 2 aliphatic heterocycles. The van der Waals surface area contributed by atoms with Crippen molar-refractivity contribution >= 4 is 11.8 Å². The Morgan fingerprint density at radius 2 is 1.65 bits per heavy atom. The SMILES string of the molecule is CCOC(=O)N1c2ccc(C(F)(F)F)cc2[C@@H](c2nnn(C(Cc3cc(C(F)(F)F)cc(C(F)(F)F)c3)C3CCCO3)n2)C[C@@]1(N)CC. The van der Waals surface area contributed by atoms with E-state index in [1.807, 2.05) is 0 Å². The third-order valence-electron chi connectivity index (χ3n) is 8.58. The van der Waals surface area contributed by atoms with Gasteiger partial charge in [-0.05, 0) is 91.8 Å². The van der Waals surface area contributed by atoms with Crippen LogP contribution in [0.25, 0.3) is 0 Å². The third-order valence-corrected chi connectivity index (χ3v) is 8.58. The van der Waals surface area contributed by atoms with Crippen LogP contribution in [0.3, 0.4) is 0 Å². The van der Waals surface area contributed by atoms with E-state index < -0.39 is 71.5 Å². The highest BCUT2D eigenvalue weighted by molar-refractivity contribution is 5.91. The standard InChI is InChI=1S/C30H31F9N6O3/c1-3-27(40)15-21(20-14-17(28(31,32)33)7-8-22(20)44(27)26(46)47-4-2)25-41-43-45(42-25)23(24-6-5-9-48-24)12-16-10-18(29(34,35)36)13-19(11-16)30(37,38)39/h7-8,10-11,13-14,21,23-24H,3-6,9,12,15,40H2,1-2H3/t21-,23?,24?,27+/m0/s1. The van der Waals surface area contributed by atoms with E-state index in [2.05, 4.69) is 15.4 Å². The van der Waals surface area contributed by atoms with Crippen LogP contribution in [0, 0.1) is 0 Å². The van der Waals surface area contributed by atoms with Crippen LogP contribution in [0.4, 0.5) is 50.0 Å². The van der Waals surface area contributed by atoms with Gasteiger partial charge in [-0.15, -0.1) is 10.2 Å². The molecular formula is C30H31F9N6O3. The minimum atomic E-state index is -5.07. The summed E-state index contributed by atoms with van der Waals surface area (Å²) in [5.41, 5.74) is 0.908. The molecule has 5 rings (SSSR count). The van der Waals surface area contributed by atoms with Gasteiger partial charge in [0.1, 0.15) is 11.7 Å². The number of nitrogens with two attached hydrogens (primary N) is 1. The molecule has 2 N–H and O–H groups in total. The first-order valence-electron chi connectivity index (χ1n) is 15.0. The first-order valence-corrected chi connectivity index (χ1v) is 15.0. The van der Waals surface area contributed by atoms with Gasteiger partial charge in [-0.1, -0.05) is 6.92 Å². The lowest BCUT2D eigenvalue weighted by Crippen LogP contribution is -2.61. The highest BCUT2D eigenvalue weighted by Crippen LogP contribution is 2.47. The number of hydrogen-bond acceptors (Lipinski definition) is 7. The molecule has 0 radical (unpaired) electrons. The van der Waals surface area contributed by atoms with Gasteiger partial charge in [-0.3, -0.25) is 4.90 Å². The van der Waals surface area contributed by atoms with Crippen LogP contribution >= 0.6 is 0 Å². The van der Waals surface area contributed by atoms with E-state index in [9.17, 15) is 44.3 Å². The molecule has 48 heavy (non-hydrogen) atoms. The molecule has 2 unspecified atom stereocenters. The minimum Gasteiger partial charge on any atom is -0.449 e. The second-order valence-corrected chi connectivity index (χ2v) is 11.7. The number of amides is 1. The number of carbonyl (C=O) groups excluding carboxylic acids is 1. The second-order valence-electron chi connectivity index (χ2n) is 11.7. The topological polar surface area (TPSA) is 108 Å². The number of benzene rings is 2. The summed E-state index contributed by atoms with van der Waals surface area (Å²) in [4.78, 5) is 15.1. The summed E-state index contributed by atoms with van der Waals surface area (Å²) in [6.45, 7) is 3.45. The monoisotopic (exact) mass is 694 g/mol. The van der Waals surface area contributed by atoms with Gasteiger partial charge >= 0.3 is 24.6 Å². The van der Waals surface area contributed by atoms with E-state index in [4.69, 9.17) is 15.2 Å². The molecule has 3 aromatic rings. The largest absolute Gasteiger partial charge is 0.449 e. The van der Waals surface area contributed by atoms with Crippen molar-refractivity contribution < 1.29 is 53.8 Å². The summed E-state index contributed by atoms with van der Waals surface area (Å²) in [6.07, 6.45) is -16.0. The van der Waals surface area contributed by atoms with Crippen molar-refractivity contribution in [2.24, 2.45) is 5.73 Å². The Morgan fingerprint density at radius 3 is 2.19 bits per heavy atom. The fourth-order valence-electron chi connectivity index (χ4n) is 6.17. The number of nitrogens with zero attached hydrogens (tertiary/aromatic N) is 5. The summed E-state index contributed by atoms with van der Waals surface area (Å²) in [6, 6.07) is 2.96. The van der Waals surface area contributed by atoms with E-state index >= 15 is 0 Å². The first-order chi connectivity index (χ1) is 22.4. The van der Waals surface area contributed by atoms with E-state index in [0.29, 0.717) is 25.0 Å². The first kappa shape index (κ1) is 35.4. The Labute approximate surface area is 268 Å². The molecule has 18 heteroatoms. The predicted molar refractivity (Wildman–Crippen MR) is 151 cm³/mol. The summed E-state index contributed by atoms with van der Waals surface area (Å²) >= 11 is 0. The maximum Gasteiger partial charge on any atom is 0.416 e. The fourth-order valence-corrected chi connectivity index (χ4v) is 6.17. The van der Waals surface area contributed by atoms with E-state index in [-0.39, 0.29) is 54.8 Å². The zero-order chi connectivity index (χ0) is 35.2. The summed E-state index contributed by atoms with van der Waals surface area (Å²) < 4.78 is 134. The molecule has 0 spiro atoms. The van der Waals surface area contributed by atoms with Crippen LogP contribution in [-0.4, -0.2) is 51.3 Å². The van der Waals surface area contributed by atoms with Gasteiger partial charge in [0.2, 0.25) is 0 Å². The molecule has 9 nitrogen and oxygen atoms in total. The Kier molecular flexibility index (Phi) is 9.46. The minimum absolute atomic E-state index is 0.00619.